The highest BCUT2D eigenvalue weighted by atomic mass is 19.4. The van der Waals surface area contributed by atoms with E-state index in [1.54, 1.807) is 18.2 Å². The average Bonchev–Trinajstić information content (AvgIpc) is 2.59. The Morgan fingerprint density at radius 3 is 2.28 bits per heavy atom. The number of carbonyl (C=O) groups is 1. The number of nitrogens with one attached hydrogen (secondary N) is 1. The second-order valence-corrected chi connectivity index (χ2v) is 5.33. The third kappa shape index (κ3) is 5.14. The van der Waals surface area contributed by atoms with Gasteiger partial charge in [-0.1, -0.05) is 12.1 Å². The van der Waals surface area contributed by atoms with E-state index < -0.39 is 11.7 Å². The van der Waals surface area contributed by atoms with Crippen molar-refractivity contribution in [1.29, 1.82) is 0 Å². The first-order valence-electron chi connectivity index (χ1n) is 7.47. The molecule has 2 aromatic carbocycles. The van der Waals surface area contributed by atoms with Crippen LogP contribution in [0.4, 0.5) is 13.2 Å². The summed E-state index contributed by atoms with van der Waals surface area (Å²) in [5.41, 5.74) is 0.523. The Bertz CT molecular complexity index is 727. The van der Waals surface area contributed by atoms with Gasteiger partial charge in [-0.05, 0) is 35.9 Å². The van der Waals surface area contributed by atoms with Gasteiger partial charge in [0.25, 0.3) is 0 Å². The molecule has 0 unspecified atom stereocenters. The summed E-state index contributed by atoms with van der Waals surface area (Å²) in [7, 11) is 3.03. The highest BCUT2D eigenvalue weighted by molar-refractivity contribution is 5.79. The van der Waals surface area contributed by atoms with Crippen LogP contribution in [0.1, 0.15) is 16.7 Å². The van der Waals surface area contributed by atoms with Crippen LogP contribution in [0, 0.1) is 0 Å². The highest BCUT2D eigenvalue weighted by Crippen LogP contribution is 2.29. The van der Waals surface area contributed by atoms with E-state index in [4.69, 9.17) is 9.47 Å². The fourth-order valence-electron chi connectivity index (χ4n) is 2.27. The number of benzene rings is 2. The van der Waals surface area contributed by atoms with Gasteiger partial charge in [0.2, 0.25) is 5.91 Å². The SMILES string of the molecule is COc1ccc(OC)c(CC(=O)NCc2ccc(C(F)(F)F)cc2)c1. The molecule has 0 saturated carbocycles. The van der Waals surface area contributed by atoms with Crippen LogP contribution in [0.5, 0.6) is 11.5 Å². The Labute approximate surface area is 143 Å². The lowest BCUT2D eigenvalue weighted by Gasteiger charge is -2.11. The van der Waals surface area contributed by atoms with Gasteiger partial charge in [-0.3, -0.25) is 4.79 Å². The van der Waals surface area contributed by atoms with Crippen molar-refractivity contribution in [2.45, 2.75) is 19.1 Å². The largest absolute Gasteiger partial charge is 0.497 e. The minimum atomic E-state index is -4.37. The van der Waals surface area contributed by atoms with E-state index in [1.165, 1.54) is 26.4 Å². The molecule has 0 heterocycles. The first-order chi connectivity index (χ1) is 11.8. The standard InChI is InChI=1S/C18H18F3NO3/c1-24-15-7-8-16(25-2)13(9-15)10-17(23)22-11-12-3-5-14(6-4-12)18(19,20)21/h3-9H,10-11H2,1-2H3,(H,22,23). The Morgan fingerprint density at radius 2 is 1.72 bits per heavy atom. The number of ether oxygens (including phenoxy) is 2. The molecule has 0 aliphatic rings. The smallest absolute Gasteiger partial charge is 0.416 e. The zero-order valence-corrected chi connectivity index (χ0v) is 13.8. The second-order valence-electron chi connectivity index (χ2n) is 5.33. The molecule has 0 fully saturated rings. The van der Waals surface area contributed by atoms with Crippen molar-refractivity contribution in [2.24, 2.45) is 0 Å². The van der Waals surface area contributed by atoms with Crippen LogP contribution in [0.15, 0.2) is 42.5 Å². The quantitative estimate of drug-likeness (QED) is 0.864. The van der Waals surface area contributed by atoms with Crippen LogP contribution < -0.4 is 14.8 Å². The zero-order valence-electron chi connectivity index (χ0n) is 13.8. The van der Waals surface area contributed by atoms with Gasteiger partial charge in [0.05, 0.1) is 26.2 Å². The van der Waals surface area contributed by atoms with Crippen molar-refractivity contribution < 1.29 is 27.4 Å². The molecule has 2 rings (SSSR count). The molecule has 25 heavy (non-hydrogen) atoms. The van der Waals surface area contributed by atoms with E-state index in [-0.39, 0.29) is 18.9 Å². The van der Waals surface area contributed by atoms with Crippen molar-refractivity contribution in [3.05, 3.63) is 59.2 Å². The number of hydrogen-bond acceptors (Lipinski definition) is 3. The van der Waals surface area contributed by atoms with Crippen LogP contribution >= 0.6 is 0 Å². The van der Waals surface area contributed by atoms with Gasteiger partial charge >= 0.3 is 6.18 Å². The summed E-state index contributed by atoms with van der Waals surface area (Å²) in [6, 6.07) is 9.81. The van der Waals surface area contributed by atoms with Gasteiger partial charge < -0.3 is 14.8 Å². The average molecular weight is 353 g/mol. The molecule has 134 valence electrons. The summed E-state index contributed by atoms with van der Waals surface area (Å²) < 4.78 is 47.9. The molecule has 0 aromatic heterocycles. The van der Waals surface area contributed by atoms with E-state index in [1.807, 2.05) is 0 Å². The van der Waals surface area contributed by atoms with Gasteiger partial charge in [0.15, 0.2) is 0 Å². The predicted molar refractivity (Wildman–Crippen MR) is 86.5 cm³/mol. The molecule has 0 atom stereocenters. The van der Waals surface area contributed by atoms with Gasteiger partial charge in [-0.2, -0.15) is 13.2 Å². The van der Waals surface area contributed by atoms with Crippen molar-refractivity contribution >= 4 is 5.91 Å². The molecule has 1 amide bonds. The Kier molecular flexibility index (Phi) is 5.90. The first kappa shape index (κ1) is 18.6. The van der Waals surface area contributed by atoms with Crippen LogP contribution in [-0.4, -0.2) is 20.1 Å². The number of hydrogen-bond donors (Lipinski definition) is 1. The first-order valence-corrected chi connectivity index (χ1v) is 7.47. The summed E-state index contributed by atoms with van der Waals surface area (Å²) >= 11 is 0. The lowest BCUT2D eigenvalue weighted by atomic mass is 10.1. The molecular formula is C18H18F3NO3. The number of alkyl halides is 3. The van der Waals surface area contributed by atoms with Crippen LogP contribution in [0.3, 0.4) is 0 Å². The molecule has 4 nitrogen and oxygen atoms in total. The molecule has 0 saturated heterocycles. The maximum Gasteiger partial charge on any atom is 0.416 e. The minimum Gasteiger partial charge on any atom is -0.497 e. The van der Waals surface area contributed by atoms with Crippen LogP contribution in [-0.2, 0) is 23.9 Å². The third-order valence-corrected chi connectivity index (χ3v) is 3.61. The Morgan fingerprint density at radius 1 is 1.04 bits per heavy atom. The summed E-state index contributed by atoms with van der Waals surface area (Å²) in [6.07, 6.45) is -4.30. The Balaban J connectivity index is 1.97. The summed E-state index contributed by atoms with van der Waals surface area (Å²) in [6.45, 7) is 0.142. The van der Waals surface area contributed by atoms with Crippen molar-refractivity contribution in [1.82, 2.24) is 5.32 Å². The van der Waals surface area contributed by atoms with E-state index in [0.29, 0.717) is 22.6 Å². The number of amides is 1. The number of halogens is 3. The Hall–Kier alpha value is -2.70. The number of carbonyl (C=O) groups excluding carboxylic acids is 1. The third-order valence-electron chi connectivity index (χ3n) is 3.61. The number of methoxy groups -OCH3 is 2. The molecule has 0 radical (unpaired) electrons. The van der Waals surface area contributed by atoms with Gasteiger partial charge in [0.1, 0.15) is 11.5 Å². The van der Waals surface area contributed by atoms with Crippen molar-refractivity contribution in [3.8, 4) is 11.5 Å². The second kappa shape index (κ2) is 7.92. The molecule has 0 bridgehead atoms. The van der Waals surface area contributed by atoms with Crippen LogP contribution in [0.25, 0.3) is 0 Å². The molecule has 1 N–H and O–H groups in total. The lowest BCUT2D eigenvalue weighted by Crippen LogP contribution is -2.24. The molecular weight excluding hydrogens is 335 g/mol. The molecule has 2 aromatic rings. The number of rotatable bonds is 6. The molecule has 7 heteroatoms. The lowest BCUT2D eigenvalue weighted by molar-refractivity contribution is -0.137. The van der Waals surface area contributed by atoms with Gasteiger partial charge in [-0.15, -0.1) is 0 Å². The zero-order chi connectivity index (χ0) is 18.4. The normalized spacial score (nSPS) is 11.1. The predicted octanol–water partition coefficient (Wildman–Crippen LogP) is 3.58. The van der Waals surface area contributed by atoms with Crippen molar-refractivity contribution in [3.63, 3.8) is 0 Å². The summed E-state index contributed by atoms with van der Waals surface area (Å²) in [5.74, 6) is 0.892. The van der Waals surface area contributed by atoms with E-state index in [9.17, 15) is 18.0 Å². The summed E-state index contributed by atoms with van der Waals surface area (Å²) in [4.78, 5) is 12.1. The fraction of sp³-hybridized carbons (Fsp3) is 0.278. The van der Waals surface area contributed by atoms with Gasteiger partial charge in [-0.25, -0.2) is 0 Å². The fourth-order valence-corrected chi connectivity index (χ4v) is 2.27. The van der Waals surface area contributed by atoms with E-state index in [0.717, 1.165) is 12.1 Å². The van der Waals surface area contributed by atoms with E-state index >= 15 is 0 Å². The summed E-state index contributed by atoms with van der Waals surface area (Å²) in [5, 5.41) is 2.68. The maximum atomic E-state index is 12.5. The molecule has 0 aliphatic carbocycles. The monoisotopic (exact) mass is 353 g/mol. The minimum absolute atomic E-state index is 0.0704. The topological polar surface area (TPSA) is 47.6 Å². The highest BCUT2D eigenvalue weighted by Gasteiger charge is 2.29. The van der Waals surface area contributed by atoms with Gasteiger partial charge in [0, 0.05) is 12.1 Å². The van der Waals surface area contributed by atoms with E-state index in [2.05, 4.69) is 5.32 Å². The maximum absolute atomic E-state index is 12.5. The van der Waals surface area contributed by atoms with Crippen molar-refractivity contribution in [2.75, 3.05) is 14.2 Å². The van der Waals surface area contributed by atoms with Crippen LogP contribution in [0.2, 0.25) is 0 Å². The molecule has 0 spiro atoms. The molecule has 0 aliphatic heterocycles.